The third-order valence-electron chi connectivity index (χ3n) is 4.87. The lowest BCUT2D eigenvalue weighted by Gasteiger charge is -2.19. The lowest BCUT2D eigenvalue weighted by atomic mass is 10.2. The van der Waals surface area contributed by atoms with Gasteiger partial charge in [-0.25, -0.2) is 4.98 Å². The summed E-state index contributed by atoms with van der Waals surface area (Å²) in [6, 6.07) is 26.4. The molecule has 0 spiro atoms. The second kappa shape index (κ2) is 10.1. The number of rotatable bonds is 7. The Morgan fingerprint density at radius 3 is 2.18 bits per heavy atom. The number of anilines is 4. The molecule has 1 aromatic heterocycles. The van der Waals surface area contributed by atoms with E-state index in [4.69, 9.17) is 0 Å². The van der Waals surface area contributed by atoms with Crippen LogP contribution in [0.4, 0.5) is 28.8 Å². The first kappa shape index (κ1) is 22.2. The maximum absolute atomic E-state index is 12.1. The van der Waals surface area contributed by atoms with Crippen LogP contribution in [-0.2, 0) is 0 Å². The van der Waals surface area contributed by atoms with Crippen molar-refractivity contribution in [3.8, 4) is 0 Å². The predicted molar refractivity (Wildman–Crippen MR) is 136 cm³/mol. The monoisotopic (exact) mass is 501 g/mol. The number of nitro groups is 1. The summed E-state index contributed by atoms with van der Waals surface area (Å²) in [6.07, 6.45) is 3.44. The van der Waals surface area contributed by atoms with E-state index in [9.17, 15) is 10.1 Å². The van der Waals surface area contributed by atoms with Gasteiger partial charge in [-0.3, -0.25) is 10.1 Å². The standard InChI is InChI=1S/C25H20BrN5O2/c1-30(21-10-6-3-7-11-21)24-23(31(32)33)22(17-12-18-8-4-2-5-9-18)28-25(29-24)27-20-15-13-19(26)14-16-20/h2-17H,1H3,(H,27,28,29). The van der Waals surface area contributed by atoms with Crippen molar-refractivity contribution in [2.24, 2.45) is 0 Å². The average Bonchev–Trinajstić information content (AvgIpc) is 2.84. The molecule has 0 saturated heterocycles. The number of halogens is 1. The summed E-state index contributed by atoms with van der Waals surface area (Å²) < 4.78 is 0.939. The van der Waals surface area contributed by atoms with Crippen molar-refractivity contribution in [3.05, 3.63) is 111 Å². The normalized spacial score (nSPS) is 10.8. The van der Waals surface area contributed by atoms with E-state index in [0.717, 1.165) is 21.4 Å². The highest BCUT2D eigenvalue weighted by Crippen LogP contribution is 2.35. The van der Waals surface area contributed by atoms with E-state index in [1.807, 2.05) is 84.9 Å². The molecule has 0 aliphatic carbocycles. The molecule has 0 saturated carbocycles. The molecule has 4 rings (SSSR count). The zero-order chi connectivity index (χ0) is 23.2. The van der Waals surface area contributed by atoms with Gasteiger partial charge in [-0.1, -0.05) is 70.5 Å². The van der Waals surface area contributed by atoms with Crippen LogP contribution in [0.5, 0.6) is 0 Å². The van der Waals surface area contributed by atoms with Crippen LogP contribution in [0, 0.1) is 10.1 Å². The number of nitrogens with zero attached hydrogens (tertiary/aromatic N) is 4. The van der Waals surface area contributed by atoms with Crippen LogP contribution in [0.2, 0.25) is 0 Å². The first-order valence-corrected chi connectivity index (χ1v) is 10.9. The third kappa shape index (κ3) is 5.42. The van der Waals surface area contributed by atoms with Crippen molar-refractivity contribution in [1.82, 2.24) is 9.97 Å². The summed E-state index contributed by atoms with van der Waals surface area (Å²) >= 11 is 3.42. The second-order valence-electron chi connectivity index (χ2n) is 7.13. The van der Waals surface area contributed by atoms with E-state index in [2.05, 4.69) is 31.2 Å². The molecule has 0 fully saturated rings. The van der Waals surface area contributed by atoms with Crippen molar-refractivity contribution >= 4 is 56.9 Å². The highest BCUT2D eigenvalue weighted by atomic mass is 79.9. The van der Waals surface area contributed by atoms with E-state index in [1.54, 1.807) is 24.1 Å². The molecule has 0 unspecified atom stereocenters. The van der Waals surface area contributed by atoms with Gasteiger partial charge >= 0.3 is 5.69 Å². The van der Waals surface area contributed by atoms with Gasteiger partial charge in [0.25, 0.3) is 0 Å². The minimum Gasteiger partial charge on any atom is -0.324 e. The summed E-state index contributed by atoms with van der Waals surface area (Å²) in [5, 5.41) is 15.3. The SMILES string of the molecule is CN(c1ccccc1)c1nc(Nc2ccc(Br)cc2)nc(C=Cc2ccccc2)c1[N+](=O)[O-]. The summed E-state index contributed by atoms with van der Waals surface area (Å²) in [6.45, 7) is 0. The van der Waals surface area contributed by atoms with Gasteiger partial charge < -0.3 is 10.2 Å². The van der Waals surface area contributed by atoms with Crippen molar-refractivity contribution < 1.29 is 4.92 Å². The smallest absolute Gasteiger partial charge is 0.324 e. The Bertz CT molecular complexity index is 1280. The van der Waals surface area contributed by atoms with Crippen LogP contribution in [-0.4, -0.2) is 21.9 Å². The van der Waals surface area contributed by atoms with E-state index in [0.29, 0.717) is 0 Å². The fourth-order valence-corrected chi connectivity index (χ4v) is 3.48. The highest BCUT2D eigenvalue weighted by Gasteiger charge is 2.27. The van der Waals surface area contributed by atoms with Gasteiger partial charge in [0.05, 0.1) is 4.92 Å². The number of aromatic nitrogens is 2. The number of benzene rings is 3. The van der Waals surface area contributed by atoms with E-state index >= 15 is 0 Å². The molecule has 1 N–H and O–H groups in total. The lowest BCUT2D eigenvalue weighted by molar-refractivity contribution is -0.384. The van der Waals surface area contributed by atoms with Crippen LogP contribution in [0.1, 0.15) is 11.3 Å². The third-order valence-corrected chi connectivity index (χ3v) is 5.40. The molecule has 33 heavy (non-hydrogen) atoms. The van der Waals surface area contributed by atoms with Crippen molar-refractivity contribution in [1.29, 1.82) is 0 Å². The molecule has 0 amide bonds. The number of hydrogen-bond acceptors (Lipinski definition) is 6. The molecule has 0 aliphatic heterocycles. The van der Waals surface area contributed by atoms with E-state index < -0.39 is 4.92 Å². The Labute approximate surface area is 199 Å². The molecule has 8 heteroatoms. The van der Waals surface area contributed by atoms with Gasteiger partial charge in [0.2, 0.25) is 11.8 Å². The van der Waals surface area contributed by atoms with Gasteiger partial charge in [-0.15, -0.1) is 0 Å². The molecule has 0 bridgehead atoms. The summed E-state index contributed by atoms with van der Waals surface area (Å²) in [4.78, 5) is 22.4. The minimum atomic E-state index is -0.442. The molecule has 7 nitrogen and oxygen atoms in total. The number of nitrogens with one attached hydrogen (secondary N) is 1. The van der Waals surface area contributed by atoms with Gasteiger partial charge in [0.1, 0.15) is 5.69 Å². The quantitative estimate of drug-likeness (QED) is 0.220. The minimum absolute atomic E-state index is 0.171. The fraction of sp³-hybridized carbons (Fsp3) is 0.0400. The largest absolute Gasteiger partial charge is 0.337 e. The Kier molecular flexibility index (Phi) is 6.75. The first-order chi connectivity index (χ1) is 16.0. The van der Waals surface area contributed by atoms with Crippen LogP contribution in [0.25, 0.3) is 12.2 Å². The first-order valence-electron chi connectivity index (χ1n) is 10.1. The van der Waals surface area contributed by atoms with Crippen molar-refractivity contribution in [2.45, 2.75) is 0 Å². The molecule has 1 heterocycles. The van der Waals surface area contributed by atoms with Gasteiger partial charge in [-0.05, 0) is 48.0 Å². The average molecular weight is 502 g/mol. The van der Waals surface area contributed by atoms with Crippen LogP contribution in [0.3, 0.4) is 0 Å². The highest BCUT2D eigenvalue weighted by molar-refractivity contribution is 9.10. The van der Waals surface area contributed by atoms with Gasteiger partial charge in [-0.2, -0.15) is 4.98 Å². The van der Waals surface area contributed by atoms with E-state index in [-0.39, 0.29) is 23.1 Å². The number of para-hydroxylation sites is 1. The van der Waals surface area contributed by atoms with Gasteiger partial charge in [0.15, 0.2) is 0 Å². The Morgan fingerprint density at radius 1 is 0.909 bits per heavy atom. The molecule has 164 valence electrons. The summed E-state index contributed by atoms with van der Waals surface area (Å²) in [5.74, 6) is 0.446. The molecule has 3 aromatic carbocycles. The van der Waals surface area contributed by atoms with Crippen LogP contribution in [0.15, 0.2) is 89.4 Å². The van der Waals surface area contributed by atoms with Gasteiger partial charge in [0, 0.05) is 22.9 Å². The summed E-state index contributed by atoms with van der Waals surface area (Å²) in [5.41, 5.74) is 2.47. The van der Waals surface area contributed by atoms with Crippen LogP contribution < -0.4 is 10.2 Å². The Balaban J connectivity index is 1.84. The van der Waals surface area contributed by atoms with E-state index in [1.165, 1.54) is 0 Å². The Morgan fingerprint density at radius 2 is 1.55 bits per heavy atom. The molecule has 0 aliphatic rings. The maximum Gasteiger partial charge on any atom is 0.337 e. The molecule has 0 atom stereocenters. The molecule has 4 aromatic rings. The Hall–Kier alpha value is -4.04. The molecular weight excluding hydrogens is 482 g/mol. The topological polar surface area (TPSA) is 84.2 Å². The zero-order valence-corrected chi connectivity index (χ0v) is 19.3. The number of hydrogen-bond donors (Lipinski definition) is 1. The maximum atomic E-state index is 12.1. The second-order valence-corrected chi connectivity index (χ2v) is 8.05. The molecular formula is C25H20BrN5O2. The lowest BCUT2D eigenvalue weighted by Crippen LogP contribution is -2.16. The zero-order valence-electron chi connectivity index (χ0n) is 17.7. The summed E-state index contributed by atoms with van der Waals surface area (Å²) in [7, 11) is 1.75. The fourth-order valence-electron chi connectivity index (χ4n) is 3.22. The van der Waals surface area contributed by atoms with Crippen molar-refractivity contribution in [3.63, 3.8) is 0 Å². The van der Waals surface area contributed by atoms with Crippen LogP contribution >= 0.6 is 15.9 Å². The van der Waals surface area contributed by atoms with Crippen molar-refractivity contribution in [2.75, 3.05) is 17.3 Å². The molecule has 0 radical (unpaired) electrons. The predicted octanol–water partition coefficient (Wildman–Crippen LogP) is 6.83.